The second kappa shape index (κ2) is 8.41. The molecule has 0 radical (unpaired) electrons. The molecule has 4 saturated carbocycles. The summed E-state index contributed by atoms with van der Waals surface area (Å²) in [6.07, 6.45) is 9.59. The molecule has 1 aromatic carbocycles. The van der Waals surface area contributed by atoms with Gasteiger partial charge in [-0.15, -0.1) is 10.2 Å². The smallest absolute Gasteiger partial charge is 0.264 e. The summed E-state index contributed by atoms with van der Waals surface area (Å²) < 4.78 is 11.3. The second-order valence-corrected chi connectivity index (χ2v) is 10.7. The molecule has 4 aliphatic carbocycles. The zero-order valence-corrected chi connectivity index (χ0v) is 19.1. The molecule has 0 aliphatic heterocycles. The van der Waals surface area contributed by atoms with Crippen LogP contribution in [0.3, 0.4) is 0 Å². The fourth-order valence-corrected chi connectivity index (χ4v) is 7.27. The zero-order valence-electron chi connectivity index (χ0n) is 18.3. The number of nitrogens with zero attached hydrogens (tertiary/aromatic N) is 3. The van der Waals surface area contributed by atoms with Gasteiger partial charge in [0.05, 0.1) is 0 Å². The summed E-state index contributed by atoms with van der Waals surface area (Å²) in [6, 6.07) is 12.6. The number of nitrogens with one attached hydrogen (secondary N) is 1. The van der Waals surface area contributed by atoms with Crippen LogP contribution in [0.5, 0.6) is 17.4 Å². The standard InChI is InChI=1S/C25H26N4O3S/c30-21(15-31-19-4-6-20(7-5-19)32-22-3-1-2-8-26-22)27-24-29-28-23(33-24)25-12-16-9-17(13-25)11-18(10-16)14-25/h1-8,16-18H,9-15H2,(H,27,29,30). The highest BCUT2D eigenvalue weighted by Gasteiger charge is 2.53. The van der Waals surface area contributed by atoms with Crippen LogP contribution in [0.1, 0.15) is 43.5 Å². The van der Waals surface area contributed by atoms with E-state index >= 15 is 0 Å². The van der Waals surface area contributed by atoms with E-state index in [0.29, 0.717) is 22.5 Å². The minimum atomic E-state index is -0.239. The number of pyridine rings is 1. The van der Waals surface area contributed by atoms with Crippen molar-refractivity contribution in [3.05, 3.63) is 53.7 Å². The lowest BCUT2D eigenvalue weighted by atomic mass is 9.50. The van der Waals surface area contributed by atoms with E-state index in [9.17, 15) is 4.79 Å². The van der Waals surface area contributed by atoms with Crippen LogP contribution in [0.25, 0.3) is 0 Å². The lowest BCUT2D eigenvalue weighted by Crippen LogP contribution is -2.48. The summed E-state index contributed by atoms with van der Waals surface area (Å²) in [4.78, 5) is 16.6. The molecule has 1 amide bonds. The highest BCUT2D eigenvalue weighted by molar-refractivity contribution is 7.15. The number of amides is 1. The molecule has 1 N–H and O–H groups in total. The highest BCUT2D eigenvalue weighted by atomic mass is 32.1. The first-order chi connectivity index (χ1) is 16.1. The third-order valence-electron chi connectivity index (χ3n) is 7.22. The molecule has 7 rings (SSSR count). The van der Waals surface area contributed by atoms with Crippen LogP contribution in [0, 0.1) is 17.8 Å². The minimum Gasteiger partial charge on any atom is -0.484 e. The van der Waals surface area contributed by atoms with E-state index in [0.717, 1.165) is 22.8 Å². The molecule has 2 heterocycles. The maximum atomic E-state index is 12.4. The Hall–Kier alpha value is -3.00. The SMILES string of the molecule is O=C(COc1ccc(Oc2ccccn2)cc1)Nc1nnc(C23CC4CC(CC(C4)C2)C3)s1. The molecule has 4 fully saturated rings. The molecule has 33 heavy (non-hydrogen) atoms. The number of rotatable bonds is 7. The minimum absolute atomic E-state index is 0.0906. The summed E-state index contributed by atoms with van der Waals surface area (Å²) in [5.74, 6) is 4.08. The second-order valence-electron chi connectivity index (χ2n) is 9.69. The molecule has 3 aromatic rings. The number of carbonyl (C=O) groups is 1. The summed E-state index contributed by atoms with van der Waals surface area (Å²) in [7, 11) is 0. The van der Waals surface area contributed by atoms with Crippen LogP contribution in [-0.4, -0.2) is 27.7 Å². The van der Waals surface area contributed by atoms with Crippen molar-refractivity contribution < 1.29 is 14.3 Å². The van der Waals surface area contributed by atoms with Crippen molar-refractivity contribution in [2.75, 3.05) is 11.9 Å². The van der Waals surface area contributed by atoms with Gasteiger partial charge in [-0.1, -0.05) is 17.4 Å². The number of hydrogen-bond donors (Lipinski definition) is 1. The third-order valence-corrected chi connectivity index (χ3v) is 8.30. The topological polar surface area (TPSA) is 86.2 Å². The molecular weight excluding hydrogens is 436 g/mol. The van der Waals surface area contributed by atoms with Gasteiger partial charge in [0.15, 0.2) is 6.61 Å². The van der Waals surface area contributed by atoms with Gasteiger partial charge in [0.2, 0.25) is 11.0 Å². The van der Waals surface area contributed by atoms with Gasteiger partial charge in [-0.2, -0.15) is 0 Å². The van der Waals surface area contributed by atoms with E-state index in [-0.39, 0.29) is 17.9 Å². The van der Waals surface area contributed by atoms with Crippen LogP contribution in [-0.2, 0) is 10.2 Å². The predicted octanol–water partition coefficient (Wildman–Crippen LogP) is 5.21. The number of anilines is 1. The Morgan fingerprint density at radius 3 is 2.33 bits per heavy atom. The Balaban J connectivity index is 1.03. The largest absolute Gasteiger partial charge is 0.484 e. The Kier molecular flexibility index (Phi) is 5.25. The van der Waals surface area contributed by atoms with Gasteiger partial charge in [0, 0.05) is 17.7 Å². The van der Waals surface area contributed by atoms with Crippen LogP contribution in [0.4, 0.5) is 5.13 Å². The fourth-order valence-electron chi connectivity index (χ4n) is 6.30. The maximum absolute atomic E-state index is 12.4. The van der Waals surface area contributed by atoms with Crippen molar-refractivity contribution in [1.29, 1.82) is 0 Å². The number of carbonyl (C=O) groups excluding carboxylic acids is 1. The monoisotopic (exact) mass is 462 g/mol. The lowest BCUT2D eigenvalue weighted by Gasteiger charge is -2.55. The van der Waals surface area contributed by atoms with Crippen molar-refractivity contribution in [3.63, 3.8) is 0 Å². The number of ether oxygens (including phenoxy) is 2. The molecular formula is C25H26N4O3S. The van der Waals surface area contributed by atoms with Gasteiger partial charge in [-0.05, 0) is 86.6 Å². The van der Waals surface area contributed by atoms with Crippen molar-refractivity contribution in [2.45, 2.75) is 43.9 Å². The van der Waals surface area contributed by atoms with Crippen molar-refractivity contribution in [1.82, 2.24) is 15.2 Å². The highest BCUT2D eigenvalue weighted by Crippen LogP contribution is 2.61. The Bertz CT molecular complexity index is 1100. The summed E-state index contributed by atoms with van der Waals surface area (Å²) in [5.41, 5.74) is 0.199. The van der Waals surface area contributed by atoms with E-state index in [1.165, 1.54) is 38.5 Å². The fraction of sp³-hybridized carbons (Fsp3) is 0.440. The number of hydrogen-bond acceptors (Lipinski definition) is 7. The van der Waals surface area contributed by atoms with E-state index in [1.54, 1.807) is 47.9 Å². The van der Waals surface area contributed by atoms with Crippen LogP contribution >= 0.6 is 11.3 Å². The molecule has 0 unspecified atom stereocenters. The first-order valence-corrected chi connectivity index (χ1v) is 12.4. The van der Waals surface area contributed by atoms with Crippen LogP contribution < -0.4 is 14.8 Å². The number of aromatic nitrogens is 3. The quantitative estimate of drug-likeness (QED) is 0.519. The van der Waals surface area contributed by atoms with Crippen molar-refractivity contribution in [2.24, 2.45) is 17.8 Å². The predicted molar refractivity (Wildman–Crippen MR) is 125 cm³/mol. The molecule has 0 spiro atoms. The van der Waals surface area contributed by atoms with Gasteiger partial charge in [0.25, 0.3) is 5.91 Å². The summed E-state index contributed by atoms with van der Waals surface area (Å²) in [5, 5.41) is 13.3. The molecule has 7 nitrogen and oxygen atoms in total. The van der Waals surface area contributed by atoms with Gasteiger partial charge in [-0.25, -0.2) is 4.98 Å². The van der Waals surface area contributed by atoms with E-state index in [1.807, 2.05) is 12.1 Å². The maximum Gasteiger partial charge on any atom is 0.264 e. The van der Waals surface area contributed by atoms with E-state index < -0.39 is 0 Å². The third kappa shape index (κ3) is 4.31. The first kappa shape index (κ1) is 20.6. The molecule has 0 saturated heterocycles. The molecule has 4 aliphatic rings. The normalized spacial score (nSPS) is 27.3. The Labute approximate surface area is 196 Å². The zero-order chi connectivity index (χ0) is 22.3. The Morgan fingerprint density at radius 2 is 1.67 bits per heavy atom. The molecule has 170 valence electrons. The summed E-state index contributed by atoms with van der Waals surface area (Å²) in [6.45, 7) is -0.0906. The van der Waals surface area contributed by atoms with Crippen molar-refractivity contribution in [3.8, 4) is 17.4 Å². The molecule has 8 heteroatoms. The van der Waals surface area contributed by atoms with Crippen LogP contribution in [0.15, 0.2) is 48.7 Å². The van der Waals surface area contributed by atoms with Gasteiger partial charge >= 0.3 is 0 Å². The molecule has 4 bridgehead atoms. The average Bonchev–Trinajstić information content (AvgIpc) is 3.28. The number of benzene rings is 1. The Morgan fingerprint density at radius 1 is 0.970 bits per heavy atom. The average molecular weight is 463 g/mol. The van der Waals surface area contributed by atoms with Crippen LogP contribution in [0.2, 0.25) is 0 Å². The lowest BCUT2D eigenvalue weighted by molar-refractivity contribution is -0.118. The van der Waals surface area contributed by atoms with Gasteiger partial charge in [0.1, 0.15) is 16.5 Å². The van der Waals surface area contributed by atoms with Gasteiger partial charge < -0.3 is 9.47 Å². The van der Waals surface area contributed by atoms with Crippen molar-refractivity contribution >= 4 is 22.4 Å². The molecule has 2 aromatic heterocycles. The molecule has 0 atom stereocenters. The van der Waals surface area contributed by atoms with E-state index in [2.05, 4.69) is 20.5 Å². The summed E-state index contributed by atoms with van der Waals surface area (Å²) >= 11 is 1.54. The van der Waals surface area contributed by atoms with E-state index in [4.69, 9.17) is 9.47 Å². The van der Waals surface area contributed by atoms with Gasteiger partial charge in [-0.3, -0.25) is 10.1 Å². The first-order valence-electron chi connectivity index (χ1n) is 11.6.